The summed E-state index contributed by atoms with van der Waals surface area (Å²) < 4.78 is 0. The Kier molecular flexibility index (Phi) is 5.69. The lowest BCUT2D eigenvalue weighted by Gasteiger charge is -2.31. The molecule has 2 N–H and O–H groups in total. The minimum absolute atomic E-state index is 0.0186. The largest absolute Gasteiger partial charge is 0.394 e. The SMILES string of the molecule is CCC(CC)(CO)NC(=O)CC1=CCCCC1. The normalized spacial score (nSPS) is 16.5. The predicted molar refractivity (Wildman–Crippen MR) is 69.7 cm³/mol. The molecule has 17 heavy (non-hydrogen) atoms. The number of aliphatic hydroxyl groups excluding tert-OH is 1. The van der Waals surface area contributed by atoms with Gasteiger partial charge in [-0.3, -0.25) is 4.79 Å². The van der Waals surface area contributed by atoms with Gasteiger partial charge < -0.3 is 10.4 Å². The van der Waals surface area contributed by atoms with E-state index in [0.717, 1.165) is 25.7 Å². The molecule has 0 saturated carbocycles. The Bertz CT molecular complexity index is 272. The Morgan fingerprint density at radius 1 is 1.41 bits per heavy atom. The Balaban J connectivity index is 2.50. The Morgan fingerprint density at radius 3 is 2.59 bits per heavy atom. The molecule has 0 bridgehead atoms. The van der Waals surface area contributed by atoms with Gasteiger partial charge in [-0.1, -0.05) is 25.5 Å². The smallest absolute Gasteiger partial charge is 0.224 e. The van der Waals surface area contributed by atoms with Gasteiger partial charge in [0.1, 0.15) is 0 Å². The highest BCUT2D eigenvalue weighted by Crippen LogP contribution is 2.21. The first-order chi connectivity index (χ1) is 8.15. The van der Waals surface area contributed by atoms with Crippen molar-refractivity contribution in [1.82, 2.24) is 5.32 Å². The first-order valence-electron chi connectivity index (χ1n) is 6.75. The summed E-state index contributed by atoms with van der Waals surface area (Å²) in [6.07, 6.45) is 8.84. The second-order valence-corrected chi connectivity index (χ2v) is 4.98. The average molecular weight is 239 g/mol. The number of hydrogen-bond donors (Lipinski definition) is 2. The van der Waals surface area contributed by atoms with Crippen LogP contribution in [0.25, 0.3) is 0 Å². The van der Waals surface area contributed by atoms with Crippen LogP contribution in [-0.4, -0.2) is 23.2 Å². The molecular weight excluding hydrogens is 214 g/mol. The summed E-state index contributed by atoms with van der Waals surface area (Å²) in [5, 5.41) is 12.4. The van der Waals surface area contributed by atoms with Gasteiger partial charge in [-0.05, 0) is 38.5 Å². The van der Waals surface area contributed by atoms with Crippen LogP contribution in [0.1, 0.15) is 58.8 Å². The molecule has 0 atom stereocenters. The van der Waals surface area contributed by atoms with Crippen molar-refractivity contribution >= 4 is 5.91 Å². The first-order valence-corrected chi connectivity index (χ1v) is 6.75. The Hall–Kier alpha value is -0.830. The van der Waals surface area contributed by atoms with E-state index < -0.39 is 5.54 Å². The maximum atomic E-state index is 11.9. The summed E-state index contributed by atoms with van der Waals surface area (Å²) in [7, 11) is 0. The van der Waals surface area contributed by atoms with Gasteiger partial charge in [0.15, 0.2) is 0 Å². The van der Waals surface area contributed by atoms with Crippen LogP contribution in [0.4, 0.5) is 0 Å². The van der Waals surface area contributed by atoms with Crippen LogP contribution >= 0.6 is 0 Å². The fourth-order valence-electron chi connectivity index (χ4n) is 2.30. The first kappa shape index (κ1) is 14.2. The molecule has 0 aromatic heterocycles. The van der Waals surface area contributed by atoms with Crippen LogP contribution in [0, 0.1) is 0 Å². The summed E-state index contributed by atoms with van der Waals surface area (Å²) in [5.41, 5.74) is 0.833. The van der Waals surface area contributed by atoms with E-state index in [-0.39, 0.29) is 12.5 Å². The van der Waals surface area contributed by atoms with E-state index in [1.165, 1.54) is 18.4 Å². The standard InChI is InChI=1S/C14H25NO2/c1-3-14(4-2,11-16)15-13(17)10-12-8-6-5-7-9-12/h8,16H,3-7,9-11H2,1-2H3,(H,15,17). The predicted octanol–water partition coefficient (Wildman–Crippen LogP) is 2.54. The summed E-state index contributed by atoms with van der Waals surface area (Å²) in [5.74, 6) is 0.0518. The highest BCUT2D eigenvalue weighted by Gasteiger charge is 2.27. The Labute approximate surface area is 104 Å². The molecule has 0 aromatic rings. The summed E-state index contributed by atoms with van der Waals surface area (Å²) in [6, 6.07) is 0. The number of hydrogen-bond acceptors (Lipinski definition) is 2. The van der Waals surface area contributed by atoms with Crippen molar-refractivity contribution in [3.8, 4) is 0 Å². The molecule has 0 saturated heterocycles. The lowest BCUT2D eigenvalue weighted by molar-refractivity contribution is -0.123. The number of nitrogens with one attached hydrogen (secondary N) is 1. The highest BCUT2D eigenvalue weighted by atomic mass is 16.3. The van der Waals surface area contributed by atoms with Crippen molar-refractivity contribution in [2.24, 2.45) is 0 Å². The van der Waals surface area contributed by atoms with Gasteiger partial charge in [0.2, 0.25) is 5.91 Å². The third-order valence-corrected chi connectivity index (χ3v) is 3.83. The molecule has 3 nitrogen and oxygen atoms in total. The molecule has 0 aromatic carbocycles. The lowest BCUT2D eigenvalue weighted by Crippen LogP contribution is -2.50. The van der Waals surface area contributed by atoms with Crippen LogP contribution in [0.2, 0.25) is 0 Å². The maximum absolute atomic E-state index is 11.9. The monoisotopic (exact) mass is 239 g/mol. The second kappa shape index (κ2) is 6.80. The molecule has 0 aliphatic heterocycles. The third kappa shape index (κ3) is 4.15. The molecule has 1 amide bonds. The molecule has 1 rings (SSSR count). The summed E-state index contributed by atoms with van der Waals surface area (Å²) >= 11 is 0. The van der Waals surface area contributed by atoms with Gasteiger partial charge in [-0.15, -0.1) is 0 Å². The quantitative estimate of drug-likeness (QED) is 0.700. The average Bonchev–Trinajstić information content (AvgIpc) is 2.37. The molecule has 0 spiro atoms. The van der Waals surface area contributed by atoms with Crippen LogP contribution < -0.4 is 5.32 Å². The number of aliphatic hydroxyl groups is 1. The van der Waals surface area contributed by atoms with E-state index >= 15 is 0 Å². The minimum Gasteiger partial charge on any atom is -0.394 e. The molecule has 1 aliphatic rings. The van der Waals surface area contributed by atoms with E-state index in [4.69, 9.17) is 0 Å². The van der Waals surface area contributed by atoms with Crippen LogP contribution in [0.5, 0.6) is 0 Å². The van der Waals surface area contributed by atoms with Crippen LogP contribution in [0.15, 0.2) is 11.6 Å². The van der Waals surface area contributed by atoms with Gasteiger partial charge in [0.05, 0.1) is 12.1 Å². The van der Waals surface area contributed by atoms with Crippen molar-refractivity contribution < 1.29 is 9.90 Å². The number of amides is 1. The summed E-state index contributed by atoms with van der Waals surface area (Å²) in [4.78, 5) is 11.9. The van der Waals surface area contributed by atoms with Crippen LogP contribution in [-0.2, 0) is 4.79 Å². The zero-order chi connectivity index (χ0) is 12.7. The molecule has 0 unspecified atom stereocenters. The fraction of sp³-hybridized carbons (Fsp3) is 0.786. The number of carbonyl (C=O) groups is 1. The number of carbonyl (C=O) groups excluding carboxylic acids is 1. The molecule has 0 radical (unpaired) electrons. The van der Waals surface area contributed by atoms with Gasteiger partial charge in [0.25, 0.3) is 0 Å². The maximum Gasteiger partial charge on any atom is 0.224 e. The number of allylic oxidation sites excluding steroid dienone is 1. The van der Waals surface area contributed by atoms with Crippen molar-refractivity contribution in [1.29, 1.82) is 0 Å². The molecule has 98 valence electrons. The van der Waals surface area contributed by atoms with Gasteiger partial charge in [-0.25, -0.2) is 0 Å². The van der Waals surface area contributed by atoms with Gasteiger partial charge in [-0.2, -0.15) is 0 Å². The molecule has 0 heterocycles. The van der Waals surface area contributed by atoms with Crippen molar-refractivity contribution in [2.75, 3.05) is 6.61 Å². The molecule has 0 fully saturated rings. The van der Waals surface area contributed by atoms with E-state index in [2.05, 4.69) is 11.4 Å². The topological polar surface area (TPSA) is 49.3 Å². The van der Waals surface area contributed by atoms with Crippen molar-refractivity contribution in [2.45, 2.75) is 64.3 Å². The van der Waals surface area contributed by atoms with Crippen LogP contribution in [0.3, 0.4) is 0 Å². The van der Waals surface area contributed by atoms with Crippen molar-refractivity contribution in [3.05, 3.63) is 11.6 Å². The summed E-state index contributed by atoms with van der Waals surface area (Å²) in [6.45, 7) is 4.02. The number of rotatable bonds is 6. The van der Waals surface area contributed by atoms with E-state index in [9.17, 15) is 9.90 Å². The van der Waals surface area contributed by atoms with E-state index in [1.807, 2.05) is 13.8 Å². The van der Waals surface area contributed by atoms with Crippen molar-refractivity contribution in [3.63, 3.8) is 0 Å². The van der Waals surface area contributed by atoms with E-state index in [1.54, 1.807) is 0 Å². The minimum atomic E-state index is -0.424. The highest BCUT2D eigenvalue weighted by molar-refractivity contribution is 5.79. The van der Waals surface area contributed by atoms with Gasteiger partial charge >= 0.3 is 0 Å². The van der Waals surface area contributed by atoms with E-state index in [0.29, 0.717) is 6.42 Å². The zero-order valence-corrected chi connectivity index (χ0v) is 11.1. The molecular formula is C14H25NO2. The molecule has 1 aliphatic carbocycles. The zero-order valence-electron chi connectivity index (χ0n) is 11.1. The van der Waals surface area contributed by atoms with Gasteiger partial charge in [0, 0.05) is 6.42 Å². The molecule has 3 heteroatoms. The third-order valence-electron chi connectivity index (χ3n) is 3.83. The Morgan fingerprint density at radius 2 is 2.12 bits per heavy atom. The lowest BCUT2D eigenvalue weighted by atomic mass is 9.92. The fourth-order valence-corrected chi connectivity index (χ4v) is 2.30. The second-order valence-electron chi connectivity index (χ2n) is 4.98.